The highest BCUT2D eigenvalue weighted by Crippen LogP contribution is 2.29. The number of ether oxygens (including phenoxy) is 1. The minimum absolute atomic E-state index is 0.106. The van der Waals surface area contributed by atoms with Crippen LogP contribution in [-0.4, -0.2) is 38.5 Å². The van der Waals surface area contributed by atoms with Crippen LogP contribution in [0.2, 0.25) is 4.34 Å². The van der Waals surface area contributed by atoms with Crippen LogP contribution in [0, 0.1) is 11.3 Å². The molecule has 0 bridgehead atoms. The van der Waals surface area contributed by atoms with Crippen LogP contribution < -0.4 is 0 Å². The summed E-state index contributed by atoms with van der Waals surface area (Å²) >= 11 is 6.71. The van der Waals surface area contributed by atoms with Crippen molar-refractivity contribution in [2.45, 2.75) is 10.3 Å². The molecule has 0 spiro atoms. The minimum Gasteiger partial charge on any atom is -0.377 e. The van der Waals surface area contributed by atoms with Gasteiger partial charge in [-0.05, 0) is 12.1 Å². The smallest absolute Gasteiger partial charge is 0.253 e. The highest BCUT2D eigenvalue weighted by Gasteiger charge is 2.34. The van der Waals surface area contributed by atoms with Gasteiger partial charge in [0.2, 0.25) is 0 Å². The first kappa shape index (κ1) is 12.8. The molecular formula is C9H9ClN2O3S2. The zero-order valence-corrected chi connectivity index (χ0v) is 11.1. The average Bonchev–Trinajstić information content (AvgIpc) is 2.76. The molecule has 1 aromatic heterocycles. The average molecular weight is 293 g/mol. The molecule has 1 aromatic rings. The van der Waals surface area contributed by atoms with Crippen molar-refractivity contribution in [1.29, 1.82) is 5.26 Å². The van der Waals surface area contributed by atoms with Gasteiger partial charge in [0.15, 0.2) is 0 Å². The molecule has 1 fully saturated rings. The summed E-state index contributed by atoms with van der Waals surface area (Å²) < 4.78 is 31.3. The van der Waals surface area contributed by atoms with E-state index in [0.29, 0.717) is 10.9 Å². The van der Waals surface area contributed by atoms with Crippen molar-refractivity contribution in [2.75, 3.05) is 19.8 Å². The highest BCUT2D eigenvalue weighted by molar-refractivity contribution is 7.91. The molecule has 0 aromatic carbocycles. The number of morpholine rings is 1. The number of hydrogen-bond donors (Lipinski definition) is 0. The van der Waals surface area contributed by atoms with E-state index in [1.165, 1.54) is 16.4 Å². The van der Waals surface area contributed by atoms with Gasteiger partial charge in [-0.2, -0.15) is 9.57 Å². The van der Waals surface area contributed by atoms with E-state index in [1.54, 1.807) is 0 Å². The second-order valence-corrected chi connectivity index (χ2v) is 7.23. The van der Waals surface area contributed by atoms with Crippen molar-refractivity contribution in [1.82, 2.24) is 4.31 Å². The molecule has 1 aliphatic heterocycles. The van der Waals surface area contributed by atoms with Crippen molar-refractivity contribution >= 4 is 33.0 Å². The number of halogens is 1. The maximum Gasteiger partial charge on any atom is 0.253 e. The van der Waals surface area contributed by atoms with Crippen LogP contribution in [0.3, 0.4) is 0 Å². The Morgan fingerprint density at radius 2 is 2.35 bits per heavy atom. The number of hydrogen-bond acceptors (Lipinski definition) is 5. The van der Waals surface area contributed by atoms with Gasteiger partial charge in [0.1, 0.15) is 10.3 Å². The lowest BCUT2D eigenvalue weighted by atomic mass is 10.3. The standard InChI is InChI=1S/C9H9ClN2O3S2/c10-8-1-2-9(16-8)17(13,14)12-3-4-15-6-7(12)5-11/h1-2,7H,3-4,6H2/t7-/m1/s1. The quantitative estimate of drug-likeness (QED) is 0.824. The fourth-order valence-corrected chi connectivity index (χ4v) is 4.65. The van der Waals surface area contributed by atoms with Gasteiger partial charge in [-0.15, -0.1) is 11.3 Å². The summed E-state index contributed by atoms with van der Waals surface area (Å²) in [5.74, 6) is 0. The molecule has 1 atom stereocenters. The minimum atomic E-state index is -3.64. The van der Waals surface area contributed by atoms with E-state index in [4.69, 9.17) is 21.6 Å². The topological polar surface area (TPSA) is 70.4 Å². The molecule has 1 aliphatic rings. The Kier molecular flexibility index (Phi) is 3.70. The highest BCUT2D eigenvalue weighted by atomic mass is 35.5. The molecule has 2 heterocycles. The molecule has 5 nitrogen and oxygen atoms in total. The zero-order valence-electron chi connectivity index (χ0n) is 8.67. The summed E-state index contributed by atoms with van der Waals surface area (Å²) in [6.07, 6.45) is 0. The third kappa shape index (κ3) is 2.46. The van der Waals surface area contributed by atoms with E-state index >= 15 is 0 Å². The molecule has 17 heavy (non-hydrogen) atoms. The SMILES string of the molecule is N#C[C@@H]1COCCN1S(=O)(=O)c1ccc(Cl)s1. The Bertz CT molecular complexity index is 549. The van der Waals surface area contributed by atoms with Gasteiger partial charge >= 0.3 is 0 Å². The summed E-state index contributed by atoms with van der Waals surface area (Å²) in [4.78, 5) is 0. The van der Waals surface area contributed by atoms with Gasteiger partial charge in [0.05, 0.1) is 23.6 Å². The van der Waals surface area contributed by atoms with Crippen molar-refractivity contribution in [3.8, 4) is 6.07 Å². The number of sulfonamides is 1. The van der Waals surface area contributed by atoms with Gasteiger partial charge in [0, 0.05) is 6.54 Å². The number of nitriles is 1. The molecule has 0 saturated carbocycles. The third-order valence-corrected chi connectivity index (χ3v) is 5.95. The number of nitrogens with zero attached hydrogens (tertiary/aromatic N) is 2. The van der Waals surface area contributed by atoms with Gasteiger partial charge in [-0.1, -0.05) is 11.6 Å². The van der Waals surface area contributed by atoms with Crippen LogP contribution >= 0.6 is 22.9 Å². The molecule has 0 unspecified atom stereocenters. The van der Waals surface area contributed by atoms with E-state index in [1.807, 2.05) is 6.07 Å². The van der Waals surface area contributed by atoms with Crippen LogP contribution in [0.4, 0.5) is 0 Å². The zero-order chi connectivity index (χ0) is 12.5. The van der Waals surface area contributed by atoms with Gasteiger partial charge in [0.25, 0.3) is 10.0 Å². The normalized spacial score (nSPS) is 22.2. The fraction of sp³-hybridized carbons (Fsp3) is 0.444. The molecule has 0 radical (unpaired) electrons. The van der Waals surface area contributed by atoms with E-state index in [2.05, 4.69) is 0 Å². The Morgan fingerprint density at radius 3 is 2.94 bits per heavy atom. The maximum absolute atomic E-state index is 12.2. The summed E-state index contributed by atoms with van der Waals surface area (Å²) in [7, 11) is -3.64. The Morgan fingerprint density at radius 1 is 1.59 bits per heavy atom. The van der Waals surface area contributed by atoms with Crippen LogP contribution in [0.25, 0.3) is 0 Å². The second kappa shape index (κ2) is 4.92. The van der Waals surface area contributed by atoms with E-state index < -0.39 is 16.1 Å². The molecule has 8 heteroatoms. The van der Waals surface area contributed by atoms with Crippen molar-refractivity contribution < 1.29 is 13.2 Å². The first-order valence-corrected chi connectivity index (χ1v) is 7.43. The van der Waals surface area contributed by atoms with Crippen molar-refractivity contribution in [3.05, 3.63) is 16.5 Å². The summed E-state index contributed by atoms with van der Waals surface area (Å²) in [6.45, 7) is 0.599. The molecule has 0 aliphatic carbocycles. The maximum atomic E-state index is 12.2. The second-order valence-electron chi connectivity index (χ2n) is 3.39. The Hall–Kier alpha value is -0.650. The van der Waals surface area contributed by atoms with Gasteiger partial charge in [-0.3, -0.25) is 0 Å². The van der Waals surface area contributed by atoms with Gasteiger partial charge in [-0.25, -0.2) is 8.42 Å². The van der Waals surface area contributed by atoms with Crippen LogP contribution in [0.15, 0.2) is 16.3 Å². The summed E-state index contributed by atoms with van der Waals surface area (Å²) in [5, 5.41) is 8.92. The van der Waals surface area contributed by atoms with Crippen LogP contribution in [0.1, 0.15) is 0 Å². The number of thiophene rings is 1. The molecule has 0 N–H and O–H groups in total. The van der Waals surface area contributed by atoms with Gasteiger partial charge < -0.3 is 4.74 Å². The first-order valence-electron chi connectivity index (χ1n) is 4.80. The monoisotopic (exact) mass is 292 g/mol. The fourth-order valence-electron chi connectivity index (χ4n) is 1.53. The molecule has 2 rings (SSSR count). The largest absolute Gasteiger partial charge is 0.377 e. The predicted octanol–water partition coefficient (Wildman–Crippen LogP) is 1.31. The van der Waals surface area contributed by atoms with Crippen LogP contribution in [0.5, 0.6) is 0 Å². The molecular weight excluding hydrogens is 284 g/mol. The summed E-state index contributed by atoms with van der Waals surface area (Å²) in [6, 6.07) is 4.14. The predicted molar refractivity (Wildman–Crippen MR) is 63.4 cm³/mol. The molecule has 0 amide bonds. The lowest BCUT2D eigenvalue weighted by Gasteiger charge is -2.29. The van der Waals surface area contributed by atoms with Crippen molar-refractivity contribution in [3.63, 3.8) is 0 Å². The number of rotatable bonds is 2. The van der Waals surface area contributed by atoms with Crippen molar-refractivity contribution in [2.24, 2.45) is 0 Å². The molecule has 1 saturated heterocycles. The Labute approximate surface area is 108 Å². The van der Waals surface area contributed by atoms with E-state index in [0.717, 1.165) is 11.3 Å². The lowest BCUT2D eigenvalue weighted by molar-refractivity contribution is 0.0512. The molecule has 92 valence electrons. The van der Waals surface area contributed by atoms with E-state index in [-0.39, 0.29) is 17.4 Å². The summed E-state index contributed by atoms with van der Waals surface area (Å²) in [5.41, 5.74) is 0. The lowest BCUT2D eigenvalue weighted by Crippen LogP contribution is -2.47. The third-order valence-electron chi connectivity index (χ3n) is 2.34. The Balaban J connectivity index is 2.35. The van der Waals surface area contributed by atoms with E-state index in [9.17, 15) is 8.42 Å². The first-order chi connectivity index (χ1) is 8.05. The van der Waals surface area contributed by atoms with Crippen LogP contribution in [-0.2, 0) is 14.8 Å².